The highest BCUT2D eigenvalue weighted by molar-refractivity contribution is 6.08. The van der Waals surface area contributed by atoms with E-state index < -0.39 is 23.6 Å². The number of benzene rings is 3. The largest absolute Gasteiger partial charge is 0.493 e. The van der Waals surface area contributed by atoms with Crippen molar-refractivity contribution >= 4 is 23.2 Å². The first-order valence-corrected chi connectivity index (χ1v) is 9.90. The van der Waals surface area contributed by atoms with E-state index in [1.807, 2.05) is 6.92 Å². The molecule has 3 aromatic rings. The van der Waals surface area contributed by atoms with Crippen LogP contribution in [-0.2, 0) is 6.18 Å². The highest BCUT2D eigenvalue weighted by Crippen LogP contribution is 2.30. The summed E-state index contributed by atoms with van der Waals surface area (Å²) < 4.78 is 44.2. The number of amides is 2. The van der Waals surface area contributed by atoms with Crippen LogP contribution in [0.2, 0.25) is 0 Å². The summed E-state index contributed by atoms with van der Waals surface area (Å²) in [6, 6.07) is 17.3. The fraction of sp³-hybridized carbons (Fsp3) is 0.167. The lowest BCUT2D eigenvalue weighted by Crippen LogP contribution is -2.16. The van der Waals surface area contributed by atoms with Gasteiger partial charge in [-0.25, -0.2) is 0 Å². The van der Waals surface area contributed by atoms with E-state index in [0.717, 1.165) is 18.6 Å². The molecule has 3 rings (SSSR count). The monoisotopic (exact) mass is 442 g/mol. The summed E-state index contributed by atoms with van der Waals surface area (Å²) in [4.78, 5) is 25.2. The fourth-order valence-corrected chi connectivity index (χ4v) is 2.91. The predicted molar refractivity (Wildman–Crippen MR) is 116 cm³/mol. The van der Waals surface area contributed by atoms with Gasteiger partial charge in [-0.05, 0) is 55.0 Å². The molecule has 2 amide bonds. The van der Waals surface area contributed by atoms with Crippen LogP contribution in [0.5, 0.6) is 5.75 Å². The molecular formula is C24H21F3N2O3. The van der Waals surface area contributed by atoms with Gasteiger partial charge in [-0.1, -0.05) is 31.2 Å². The number of ether oxygens (including phenoxy) is 1. The van der Waals surface area contributed by atoms with Crippen molar-refractivity contribution < 1.29 is 27.5 Å². The zero-order valence-electron chi connectivity index (χ0n) is 17.2. The lowest BCUT2D eigenvalue weighted by atomic mass is 10.1. The molecule has 8 heteroatoms. The quantitative estimate of drug-likeness (QED) is 0.472. The first-order valence-electron chi connectivity index (χ1n) is 9.90. The summed E-state index contributed by atoms with van der Waals surface area (Å²) in [5, 5.41) is 5.16. The van der Waals surface area contributed by atoms with E-state index in [2.05, 4.69) is 10.6 Å². The smallest absolute Gasteiger partial charge is 0.416 e. The molecule has 3 aromatic carbocycles. The van der Waals surface area contributed by atoms with Gasteiger partial charge in [-0.3, -0.25) is 9.59 Å². The highest BCUT2D eigenvalue weighted by Gasteiger charge is 2.30. The summed E-state index contributed by atoms with van der Waals surface area (Å²) in [5.74, 6) is -0.565. The Labute approximate surface area is 183 Å². The number of nitrogens with one attached hydrogen (secondary N) is 2. The first-order chi connectivity index (χ1) is 15.3. The minimum absolute atomic E-state index is 0.0151. The van der Waals surface area contributed by atoms with Crippen LogP contribution in [0.1, 0.15) is 39.6 Å². The van der Waals surface area contributed by atoms with Crippen LogP contribution in [0.3, 0.4) is 0 Å². The summed E-state index contributed by atoms with van der Waals surface area (Å²) >= 11 is 0. The topological polar surface area (TPSA) is 67.4 Å². The molecule has 32 heavy (non-hydrogen) atoms. The Balaban J connectivity index is 1.73. The minimum Gasteiger partial charge on any atom is -0.493 e. The Hall–Kier alpha value is -3.81. The second-order valence-electron chi connectivity index (χ2n) is 6.91. The van der Waals surface area contributed by atoms with Crippen molar-refractivity contribution in [2.75, 3.05) is 17.2 Å². The first kappa shape index (κ1) is 22.9. The van der Waals surface area contributed by atoms with E-state index in [-0.39, 0.29) is 11.3 Å². The van der Waals surface area contributed by atoms with E-state index in [9.17, 15) is 22.8 Å². The number of alkyl halides is 3. The summed E-state index contributed by atoms with van der Waals surface area (Å²) in [7, 11) is 0. The molecule has 0 saturated heterocycles. The van der Waals surface area contributed by atoms with Crippen LogP contribution in [0.25, 0.3) is 0 Å². The zero-order chi connectivity index (χ0) is 23.1. The standard InChI is InChI=1S/C24H21F3N2O3/c1-2-13-32-21-12-4-3-11-20(21)23(31)29-18-9-5-7-16(14-18)22(30)28-19-10-6-8-17(15-19)24(25,26)27/h3-12,14-15H,2,13H2,1H3,(H,28,30)(H,29,31). The lowest BCUT2D eigenvalue weighted by molar-refractivity contribution is -0.137. The third-order valence-corrected chi connectivity index (χ3v) is 4.42. The van der Waals surface area contributed by atoms with Gasteiger partial charge in [0.25, 0.3) is 11.8 Å². The van der Waals surface area contributed by atoms with Crippen LogP contribution >= 0.6 is 0 Å². The van der Waals surface area contributed by atoms with E-state index in [1.54, 1.807) is 36.4 Å². The number of rotatable bonds is 7. The van der Waals surface area contributed by atoms with Gasteiger partial charge in [0.15, 0.2) is 0 Å². The van der Waals surface area contributed by atoms with Gasteiger partial charge >= 0.3 is 6.18 Å². The highest BCUT2D eigenvalue weighted by atomic mass is 19.4. The molecule has 0 aromatic heterocycles. The Morgan fingerprint density at radius 2 is 1.50 bits per heavy atom. The van der Waals surface area contributed by atoms with Crippen molar-refractivity contribution in [3.05, 3.63) is 89.5 Å². The number of hydrogen-bond acceptors (Lipinski definition) is 3. The maximum absolute atomic E-state index is 12.9. The Kier molecular flexibility index (Phi) is 7.14. The van der Waals surface area contributed by atoms with Gasteiger partial charge in [0, 0.05) is 16.9 Å². The molecule has 0 radical (unpaired) electrons. The molecule has 2 N–H and O–H groups in total. The normalized spacial score (nSPS) is 11.0. The van der Waals surface area contributed by atoms with Crippen molar-refractivity contribution in [1.29, 1.82) is 0 Å². The van der Waals surface area contributed by atoms with Gasteiger partial charge in [-0.2, -0.15) is 13.2 Å². The van der Waals surface area contributed by atoms with Crippen LogP contribution in [0, 0.1) is 0 Å². The Morgan fingerprint density at radius 1 is 0.844 bits per heavy atom. The second kappa shape index (κ2) is 10.00. The number of carbonyl (C=O) groups excluding carboxylic acids is 2. The fourth-order valence-electron chi connectivity index (χ4n) is 2.91. The predicted octanol–water partition coefficient (Wildman–Crippen LogP) is 6.00. The molecule has 0 aliphatic rings. The van der Waals surface area contributed by atoms with Gasteiger partial charge in [-0.15, -0.1) is 0 Å². The molecule has 0 aliphatic carbocycles. The average Bonchev–Trinajstić information content (AvgIpc) is 2.77. The molecule has 0 aliphatic heterocycles. The molecule has 0 saturated carbocycles. The molecule has 166 valence electrons. The van der Waals surface area contributed by atoms with Gasteiger partial charge < -0.3 is 15.4 Å². The SMILES string of the molecule is CCCOc1ccccc1C(=O)Nc1cccc(C(=O)Nc2cccc(C(F)(F)F)c2)c1. The number of carbonyl (C=O) groups is 2. The molecule has 0 heterocycles. The molecule has 0 bridgehead atoms. The van der Waals surface area contributed by atoms with Crippen LogP contribution in [0.15, 0.2) is 72.8 Å². The molecule has 0 atom stereocenters. The van der Waals surface area contributed by atoms with E-state index in [4.69, 9.17) is 4.74 Å². The number of para-hydroxylation sites is 1. The van der Waals surface area contributed by atoms with Crippen molar-refractivity contribution in [1.82, 2.24) is 0 Å². The average molecular weight is 442 g/mol. The van der Waals surface area contributed by atoms with E-state index in [1.165, 1.54) is 24.3 Å². The van der Waals surface area contributed by atoms with E-state index in [0.29, 0.717) is 23.6 Å². The minimum atomic E-state index is -4.51. The van der Waals surface area contributed by atoms with Crippen molar-refractivity contribution in [2.24, 2.45) is 0 Å². The van der Waals surface area contributed by atoms with Gasteiger partial charge in [0.1, 0.15) is 5.75 Å². The van der Waals surface area contributed by atoms with Crippen molar-refractivity contribution in [3.63, 3.8) is 0 Å². The zero-order valence-corrected chi connectivity index (χ0v) is 17.2. The molecular weight excluding hydrogens is 421 g/mol. The second-order valence-corrected chi connectivity index (χ2v) is 6.91. The Bertz CT molecular complexity index is 1110. The molecule has 0 spiro atoms. The lowest BCUT2D eigenvalue weighted by Gasteiger charge is -2.12. The van der Waals surface area contributed by atoms with Crippen LogP contribution in [0.4, 0.5) is 24.5 Å². The van der Waals surface area contributed by atoms with Crippen LogP contribution < -0.4 is 15.4 Å². The summed E-state index contributed by atoms with van der Waals surface area (Å²) in [6.07, 6.45) is -3.72. The van der Waals surface area contributed by atoms with Crippen LogP contribution in [-0.4, -0.2) is 18.4 Å². The maximum Gasteiger partial charge on any atom is 0.416 e. The third-order valence-electron chi connectivity index (χ3n) is 4.42. The molecule has 5 nitrogen and oxygen atoms in total. The summed E-state index contributed by atoms with van der Waals surface area (Å²) in [6.45, 7) is 2.42. The van der Waals surface area contributed by atoms with E-state index >= 15 is 0 Å². The van der Waals surface area contributed by atoms with Gasteiger partial charge in [0.05, 0.1) is 17.7 Å². The number of halogens is 3. The number of hydrogen-bond donors (Lipinski definition) is 2. The Morgan fingerprint density at radius 3 is 2.22 bits per heavy atom. The van der Waals surface area contributed by atoms with Crippen molar-refractivity contribution in [3.8, 4) is 5.75 Å². The summed E-state index contributed by atoms with van der Waals surface area (Å²) in [5.41, 5.74) is 0.0361. The third kappa shape index (κ3) is 5.87. The maximum atomic E-state index is 12.9. The molecule has 0 fully saturated rings. The van der Waals surface area contributed by atoms with Gasteiger partial charge in [0.2, 0.25) is 0 Å². The van der Waals surface area contributed by atoms with Crippen molar-refractivity contribution in [2.45, 2.75) is 19.5 Å². The molecule has 0 unspecified atom stereocenters. The number of anilines is 2.